The van der Waals surface area contributed by atoms with Gasteiger partial charge in [0.15, 0.2) is 0 Å². The van der Waals surface area contributed by atoms with Gasteiger partial charge in [-0.05, 0) is 19.3 Å². The minimum absolute atomic E-state index is 0.331. The third kappa shape index (κ3) is 2.21. The Balaban J connectivity index is 2.03. The van der Waals surface area contributed by atoms with Crippen molar-refractivity contribution in [1.29, 1.82) is 0 Å². The Bertz CT molecular complexity index is 402. The van der Waals surface area contributed by atoms with Gasteiger partial charge in [-0.3, -0.25) is 0 Å². The summed E-state index contributed by atoms with van der Waals surface area (Å²) in [5, 5.41) is 0. The molecule has 0 aromatic carbocycles. The third-order valence-electron chi connectivity index (χ3n) is 3.21. The molecule has 100 valence electrons. The second kappa shape index (κ2) is 4.29. The number of hydrogen-bond donors (Lipinski definition) is 0. The Kier molecular flexibility index (Phi) is 3.08. The van der Waals surface area contributed by atoms with Crippen molar-refractivity contribution < 1.29 is 32.2 Å². The molecule has 7 heteroatoms. The summed E-state index contributed by atoms with van der Waals surface area (Å²) in [7, 11) is 0. The molecular formula is C11H11F3O4. The van der Waals surface area contributed by atoms with Crippen LogP contribution in [0.4, 0.5) is 13.2 Å². The number of hydrogen-bond acceptors (Lipinski definition) is 4. The molecule has 1 aliphatic heterocycles. The van der Waals surface area contributed by atoms with Crippen LogP contribution in [0.25, 0.3) is 0 Å². The number of alkyl halides is 3. The van der Waals surface area contributed by atoms with Gasteiger partial charge in [-0.2, -0.15) is 13.2 Å². The van der Waals surface area contributed by atoms with Crippen LogP contribution in [0.5, 0.6) is 0 Å². The molecule has 0 spiro atoms. The summed E-state index contributed by atoms with van der Waals surface area (Å²) in [6.45, 7) is 2.63. The lowest BCUT2D eigenvalue weighted by Crippen LogP contribution is -2.32. The van der Waals surface area contributed by atoms with Crippen LogP contribution >= 0.6 is 0 Å². The van der Waals surface area contributed by atoms with Gasteiger partial charge in [0.25, 0.3) is 0 Å². The highest BCUT2D eigenvalue weighted by molar-refractivity contribution is 5.91. The zero-order valence-electron chi connectivity index (χ0n) is 9.33. The van der Waals surface area contributed by atoms with Crippen LogP contribution in [-0.2, 0) is 19.1 Å². The topological polar surface area (TPSA) is 52.6 Å². The molecule has 2 fully saturated rings. The fraction of sp³-hybridized carbons (Fsp3) is 0.636. The van der Waals surface area contributed by atoms with Crippen LogP contribution in [0.1, 0.15) is 19.3 Å². The molecule has 0 aromatic rings. The smallest absolute Gasteiger partial charge is 0.422 e. The van der Waals surface area contributed by atoms with E-state index in [4.69, 9.17) is 4.74 Å². The zero-order valence-corrected chi connectivity index (χ0v) is 9.33. The Morgan fingerprint density at radius 1 is 1.39 bits per heavy atom. The van der Waals surface area contributed by atoms with Gasteiger partial charge in [-0.15, -0.1) is 0 Å². The Morgan fingerprint density at radius 3 is 2.67 bits per heavy atom. The molecule has 4 nitrogen and oxygen atoms in total. The lowest BCUT2D eigenvalue weighted by molar-refractivity contribution is -0.165. The maximum absolute atomic E-state index is 12.2. The normalized spacial score (nSPS) is 30.8. The van der Waals surface area contributed by atoms with Gasteiger partial charge in [-0.1, -0.05) is 6.58 Å². The van der Waals surface area contributed by atoms with Gasteiger partial charge in [0.2, 0.25) is 6.10 Å². The van der Waals surface area contributed by atoms with E-state index in [0.717, 1.165) is 6.42 Å². The van der Waals surface area contributed by atoms with Gasteiger partial charge in [-0.25, -0.2) is 9.59 Å². The molecule has 1 saturated heterocycles. The maximum Gasteiger partial charge on any atom is 0.422 e. The highest BCUT2D eigenvalue weighted by Gasteiger charge is 2.50. The molecule has 0 radical (unpaired) electrons. The average molecular weight is 264 g/mol. The summed E-state index contributed by atoms with van der Waals surface area (Å²) < 4.78 is 46.2. The highest BCUT2D eigenvalue weighted by atomic mass is 19.4. The molecule has 1 saturated carbocycles. The maximum atomic E-state index is 12.2. The fourth-order valence-electron chi connectivity index (χ4n) is 2.28. The van der Waals surface area contributed by atoms with E-state index in [9.17, 15) is 22.8 Å². The van der Waals surface area contributed by atoms with Gasteiger partial charge in [0.1, 0.15) is 11.7 Å². The summed E-state index contributed by atoms with van der Waals surface area (Å²) in [5.41, 5.74) is -1.61. The van der Waals surface area contributed by atoms with Crippen molar-refractivity contribution in [1.82, 2.24) is 0 Å². The van der Waals surface area contributed by atoms with E-state index in [2.05, 4.69) is 11.3 Å². The molecule has 2 rings (SSSR count). The number of fused-ring (bicyclic) bond motifs is 1. The summed E-state index contributed by atoms with van der Waals surface area (Å²) in [6, 6.07) is 0. The van der Waals surface area contributed by atoms with Crippen molar-refractivity contribution in [3.8, 4) is 0 Å². The van der Waals surface area contributed by atoms with Crippen LogP contribution in [0.15, 0.2) is 12.2 Å². The number of esters is 2. The van der Waals surface area contributed by atoms with E-state index >= 15 is 0 Å². The molecule has 3 atom stereocenters. The summed E-state index contributed by atoms with van der Waals surface area (Å²) in [4.78, 5) is 22.6. The average Bonchev–Trinajstić information content (AvgIpc) is 2.79. The van der Waals surface area contributed by atoms with Gasteiger partial charge >= 0.3 is 18.1 Å². The van der Waals surface area contributed by atoms with E-state index in [1.165, 1.54) is 0 Å². The highest BCUT2D eigenvalue weighted by Crippen LogP contribution is 2.38. The second-order valence-electron chi connectivity index (χ2n) is 4.37. The van der Waals surface area contributed by atoms with Crippen molar-refractivity contribution in [2.75, 3.05) is 0 Å². The molecule has 2 aliphatic rings. The first kappa shape index (κ1) is 12.9. The predicted octanol–water partition coefficient (Wildman–Crippen LogP) is 1.74. The number of halogens is 3. The van der Waals surface area contributed by atoms with Crippen molar-refractivity contribution >= 4 is 11.9 Å². The lowest BCUT2D eigenvalue weighted by Gasteiger charge is -2.16. The number of rotatable bonds is 2. The minimum atomic E-state index is -4.85. The van der Waals surface area contributed by atoms with Crippen molar-refractivity contribution in [2.45, 2.75) is 37.6 Å². The SMILES string of the molecule is C=C(C(=O)OC1C(=O)OC2CCCC21)C(F)(F)F. The molecule has 1 heterocycles. The number of carbonyl (C=O) groups is 2. The van der Waals surface area contributed by atoms with E-state index in [0.29, 0.717) is 12.8 Å². The van der Waals surface area contributed by atoms with E-state index in [-0.39, 0.29) is 12.0 Å². The standard InChI is InChI=1S/C11H11F3O4/c1-5(11(12,13)14)9(15)18-8-6-3-2-4-7(6)17-10(8)16/h6-8H,1-4H2. The number of ether oxygens (including phenoxy) is 2. The minimum Gasteiger partial charge on any atom is -0.459 e. The van der Waals surface area contributed by atoms with Crippen LogP contribution in [0.3, 0.4) is 0 Å². The predicted molar refractivity (Wildman–Crippen MR) is 52.3 cm³/mol. The van der Waals surface area contributed by atoms with Crippen LogP contribution in [0, 0.1) is 5.92 Å². The lowest BCUT2D eigenvalue weighted by atomic mass is 10.0. The van der Waals surface area contributed by atoms with Gasteiger partial charge in [0.05, 0.1) is 0 Å². The zero-order chi connectivity index (χ0) is 13.5. The summed E-state index contributed by atoms with van der Waals surface area (Å²) in [6.07, 6.45) is -4.36. The largest absolute Gasteiger partial charge is 0.459 e. The van der Waals surface area contributed by atoms with Crippen molar-refractivity contribution in [2.24, 2.45) is 5.92 Å². The molecule has 18 heavy (non-hydrogen) atoms. The third-order valence-corrected chi connectivity index (χ3v) is 3.21. The molecule has 0 aromatic heterocycles. The molecule has 3 unspecified atom stereocenters. The summed E-state index contributed by atoms with van der Waals surface area (Å²) >= 11 is 0. The van der Waals surface area contributed by atoms with Crippen LogP contribution in [-0.4, -0.2) is 30.3 Å². The quantitative estimate of drug-likeness (QED) is 0.563. The first-order valence-corrected chi connectivity index (χ1v) is 5.48. The Morgan fingerprint density at radius 2 is 2.06 bits per heavy atom. The van der Waals surface area contributed by atoms with E-state index in [1.54, 1.807) is 0 Å². The molecule has 0 amide bonds. The summed E-state index contributed by atoms with van der Waals surface area (Å²) in [5.74, 6) is -2.72. The van der Waals surface area contributed by atoms with E-state index < -0.39 is 29.8 Å². The first-order valence-electron chi connectivity index (χ1n) is 5.48. The molecule has 0 N–H and O–H groups in total. The van der Waals surface area contributed by atoms with Crippen molar-refractivity contribution in [3.05, 3.63) is 12.2 Å². The molecular weight excluding hydrogens is 253 g/mol. The van der Waals surface area contributed by atoms with Crippen molar-refractivity contribution in [3.63, 3.8) is 0 Å². The van der Waals surface area contributed by atoms with E-state index in [1.807, 2.05) is 0 Å². The second-order valence-corrected chi connectivity index (χ2v) is 4.37. The van der Waals surface area contributed by atoms with Crippen LogP contribution < -0.4 is 0 Å². The fourth-order valence-corrected chi connectivity index (χ4v) is 2.28. The van der Waals surface area contributed by atoms with Crippen LogP contribution in [0.2, 0.25) is 0 Å². The first-order chi connectivity index (χ1) is 8.30. The Hall–Kier alpha value is -1.53. The monoisotopic (exact) mass is 264 g/mol. The number of carbonyl (C=O) groups excluding carboxylic acids is 2. The Labute approximate surface area is 101 Å². The van der Waals surface area contributed by atoms with Gasteiger partial charge < -0.3 is 9.47 Å². The van der Waals surface area contributed by atoms with Gasteiger partial charge in [0, 0.05) is 5.92 Å². The molecule has 0 bridgehead atoms. The molecule has 1 aliphatic carbocycles.